The lowest BCUT2D eigenvalue weighted by Gasteiger charge is -2.28. The average molecular weight is 336 g/mol. The molecular formula is C20H24N4O. The van der Waals surface area contributed by atoms with Gasteiger partial charge in [0, 0.05) is 17.2 Å². The lowest BCUT2D eigenvalue weighted by molar-refractivity contribution is -0.124. The molecule has 2 aromatic rings. The zero-order valence-corrected chi connectivity index (χ0v) is 14.7. The molecule has 1 aromatic heterocycles. The summed E-state index contributed by atoms with van der Waals surface area (Å²) >= 11 is 0. The summed E-state index contributed by atoms with van der Waals surface area (Å²) in [4.78, 5) is 22.4. The summed E-state index contributed by atoms with van der Waals surface area (Å²) < 4.78 is 0. The van der Waals surface area contributed by atoms with E-state index in [9.17, 15) is 4.79 Å². The molecule has 0 radical (unpaired) electrons. The van der Waals surface area contributed by atoms with Crippen molar-refractivity contribution in [3.63, 3.8) is 0 Å². The third kappa shape index (κ3) is 2.53. The van der Waals surface area contributed by atoms with Gasteiger partial charge in [0.05, 0.1) is 16.7 Å². The zero-order valence-electron chi connectivity index (χ0n) is 14.7. The van der Waals surface area contributed by atoms with Crippen LogP contribution in [-0.2, 0) is 10.3 Å². The molecular weight excluding hydrogens is 312 g/mol. The molecule has 2 aliphatic carbocycles. The van der Waals surface area contributed by atoms with E-state index in [1.165, 1.54) is 12.8 Å². The minimum atomic E-state index is -0.506. The number of fused-ring (bicyclic) bond motifs is 2. The largest absolute Gasteiger partial charge is 0.345 e. The Bertz CT molecular complexity index is 848. The highest BCUT2D eigenvalue weighted by Gasteiger charge is 2.57. The minimum Gasteiger partial charge on any atom is -0.345 e. The Kier molecular flexibility index (Phi) is 3.20. The minimum absolute atomic E-state index is 0.177. The van der Waals surface area contributed by atoms with Crippen molar-refractivity contribution in [3.8, 4) is 0 Å². The molecule has 3 atom stereocenters. The zero-order chi connectivity index (χ0) is 17.2. The molecule has 1 aromatic carbocycles. The van der Waals surface area contributed by atoms with E-state index >= 15 is 0 Å². The van der Waals surface area contributed by atoms with Gasteiger partial charge in [-0.1, -0.05) is 18.2 Å². The van der Waals surface area contributed by atoms with E-state index < -0.39 is 5.54 Å². The summed E-state index contributed by atoms with van der Waals surface area (Å²) in [6.07, 6.45) is 2.34. The first-order valence-electron chi connectivity index (χ1n) is 9.34. The number of nitrogens with zero attached hydrogens (tertiary/aromatic N) is 2. The number of piperidine rings is 1. The Balaban J connectivity index is 1.49. The second-order valence-electron chi connectivity index (χ2n) is 8.35. The van der Waals surface area contributed by atoms with Gasteiger partial charge in [0.25, 0.3) is 0 Å². The summed E-state index contributed by atoms with van der Waals surface area (Å²) in [5.41, 5.74) is 1.41. The van der Waals surface area contributed by atoms with Gasteiger partial charge in [-0.25, -0.2) is 9.97 Å². The molecule has 2 N–H and O–H groups in total. The van der Waals surface area contributed by atoms with Crippen LogP contribution in [0.3, 0.4) is 0 Å². The van der Waals surface area contributed by atoms with Gasteiger partial charge in [-0.2, -0.15) is 0 Å². The van der Waals surface area contributed by atoms with E-state index in [4.69, 9.17) is 9.97 Å². The topological polar surface area (TPSA) is 66.9 Å². The number of nitrogens with one attached hydrogen (secondary N) is 2. The van der Waals surface area contributed by atoms with Gasteiger partial charge in [0.15, 0.2) is 0 Å². The Morgan fingerprint density at radius 2 is 1.88 bits per heavy atom. The number of carbonyl (C=O) groups is 1. The van der Waals surface area contributed by atoms with E-state index in [-0.39, 0.29) is 11.8 Å². The van der Waals surface area contributed by atoms with Crippen LogP contribution in [0.5, 0.6) is 0 Å². The van der Waals surface area contributed by atoms with Gasteiger partial charge in [-0.05, 0) is 57.7 Å². The van der Waals surface area contributed by atoms with Crippen LogP contribution in [-0.4, -0.2) is 29.0 Å². The van der Waals surface area contributed by atoms with E-state index in [2.05, 4.69) is 30.5 Å². The molecule has 2 saturated carbocycles. The second kappa shape index (κ2) is 5.24. The quantitative estimate of drug-likeness (QED) is 0.899. The first kappa shape index (κ1) is 15.3. The molecule has 1 amide bonds. The molecule has 5 rings (SSSR count). The number of aromatic nitrogens is 2. The normalized spacial score (nSPS) is 28.0. The Morgan fingerprint density at radius 3 is 2.60 bits per heavy atom. The molecule has 25 heavy (non-hydrogen) atoms. The Hall–Kier alpha value is -2.01. The maximum absolute atomic E-state index is 12.8. The van der Waals surface area contributed by atoms with Crippen LogP contribution >= 0.6 is 0 Å². The molecule has 3 fully saturated rings. The molecule has 5 heteroatoms. The van der Waals surface area contributed by atoms with Gasteiger partial charge in [0.1, 0.15) is 5.82 Å². The van der Waals surface area contributed by atoms with Crippen molar-refractivity contribution in [2.75, 3.05) is 13.1 Å². The number of hydrogen-bond donors (Lipinski definition) is 2. The highest BCUT2D eigenvalue weighted by Crippen LogP contribution is 2.49. The summed E-state index contributed by atoms with van der Waals surface area (Å²) in [6, 6.07) is 8.13. The molecule has 2 heterocycles. The van der Waals surface area contributed by atoms with Gasteiger partial charge in [0.2, 0.25) is 5.91 Å². The molecule has 5 nitrogen and oxygen atoms in total. The standard InChI is InChI=1S/C20H24N4O/c1-20(2,24-19(25)16-13-9-21-10-14(13)16)17-12-5-3-4-6-15(12)22-18(23-17)11-7-8-11/h3-6,11,13-14,16,21H,7-10H2,1-2H3,(H,24,25)/t13-,14+,16?. The summed E-state index contributed by atoms with van der Waals surface area (Å²) in [5, 5.41) is 7.67. The molecule has 0 bridgehead atoms. The highest BCUT2D eigenvalue weighted by atomic mass is 16.2. The fourth-order valence-corrected chi connectivity index (χ4v) is 4.35. The van der Waals surface area contributed by atoms with Gasteiger partial charge in [-0.15, -0.1) is 0 Å². The van der Waals surface area contributed by atoms with E-state index in [0.717, 1.165) is 35.5 Å². The van der Waals surface area contributed by atoms with Crippen molar-refractivity contribution >= 4 is 16.8 Å². The lowest BCUT2D eigenvalue weighted by atomic mass is 9.95. The average Bonchev–Trinajstić information content (AvgIpc) is 3.51. The van der Waals surface area contributed by atoms with Crippen molar-refractivity contribution in [2.45, 2.75) is 38.1 Å². The first-order chi connectivity index (χ1) is 12.0. The van der Waals surface area contributed by atoms with E-state index in [0.29, 0.717) is 17.8 Å². The fraction of sp³-hybridized carbons (Fsp3) is 0.550. The summed E-state index contributed by atoms with van der Waals surface area (Å²) in [5.74, 6) is 2.83. The fourth-order valence-electron chi connectivity index (χ4n) is 4.35. The van der Waals surface area contributed by atoms with Crippen molar-refractivity contribution in [1.82, 2.24) is 20.6 Å². The Morgan fingerprint density at radius 1 is 1.16 bits per heavy atom. The smallest absolute Gasteiger partial charge is 0.224 e. The number of amides is 1. The first-order valence-corrected chi connectivity index (χ1v) is 9.34. The van der Waals surface area contributed by atoms with Crippen molar-refractivity contribution < 1.29 is 4.79 Å². The number of carbonyl (C=O) groups excluding carboxylic acids is 1. The van der Waals surface area contributed by atoms with Crippen molar-refractivity contribution in [2.24, 2.45) is 17.8 Å². The molecule has 0 spiro atoms. The number of para-hydroxylation sites is 1. The summed E-state index contributed by atoms with van der Waals surface area (Å²) in [6.45, 7) is 6.08. The summed E-state index contributed by atoms with van der Waals surface area (Å²) in [7, 11) is 0. The van der Waals surface area contributed by atoms with Crippen LogP contribution < -0.4 is 10.6 Å². The van der Waals surface area contributed by atoms with Crippen LogP contribution in [0.1, 0.15) is 44.1 Å². The molecule has 3 aliphatic rings. The number of rotatable bonds is 4. The third-order valence-corrected chi connectivity index (χ3v) is 5.99. The van der Waals surface area contributed by atoms with E-state index in [1.807, 2.05) is 18.2 Å². The van der Waals surface area contributed by atoms with Crippen LogP contribution in [0.2, 0.25) is 0 Å². The SMILES string of the molecule is CC(C)(NC(=O)C1[C@H]2CNC[C@@H]12)c1nc(C2CC2)nc2ccccc12. The van der Waals surface area contributed by atoms with E-state index in [1.54, 1.807) is 0 Å². The third-order valence-electron chi connectivity index (χ3n) is 5.99. The number of hydrogen-bond acceptors (Lipinski definition) is 4. The van der Waals surface area contributed by atoms with Crippen LogP contribution in [0, 0.1) is 17.8 Å². The number of benzene rings is 1. The highest BCUT2D eigenvalue weighted by molar-refractivity contribution is 5.86. The van der Waals surface area contributed by atoms with Gasteiger partial charge < -0.3 is 10.6 Å². The van der Waals surface area contributed by atoms with Crippen molar-refractivity contribution in [1.29, 1.82) is 0 Å². The lowest BCUT2D eigenvalue weighted by Crippen LogP contribution is -2.44. The van der Waals surface area contributed by atoms with Crippen LogP contribution in [0.4, 0.5) is 0 Å². The molecule has 1 saturated heterocycles. The monoisotopic (exact) mass is 336 g/mol. The van der Waals surface area contributed by atoms with Gasteiger partial charge in [-0.3, -0.25) is 4.79 Å². The second-order valence-corrected chi connectivity index (χ2v) is 8.35. The predicted molar refractivity (Wildman–Crippen MR) is 96.0 cm³/mol. The Labute approximate surface area is 147 Å². The molecule has 130 valence electrons. The van der Waals surface area contributed by atoms with Crippen LogP contribution in [0.25, 0.3) is 10.9 Å². The predicted octanol–water partition coefficient (Wildman–Crippen LogP) is 2.32. The van der Waals surface area contributed by atoms with Gasteiger partial charge >= 0.3 is 0 Å². The maximum Gasteiger partial charge on any atom is 0.224 e. The van der Waals surface area contributed by atoms with Crippen molar-refractivity contribution in [3.05, 3.63) is 35.8 Å². The molecule has 1 unspecified atom stereocenters. The maximum atomic E-state index is 12.8. The molecule has 1 aliphatic heterocycles. The van der Waals surface area contributed by atoms with Crippen LogP contribution in [0.15, 0.2) is 24.3 Å².